The van der Waals surface area contributed by atoms with Gasteiger partial charge in [-0.25, -0.2) is 0 Å². The number of para-hydroxylation sites is 1. The molecule has 0 radical (unpaired) electrons. The van der Waals surface area contributed by atoms with Gasteiger partial charge in [-0.2, -0.15) is 0 Å². The summed E-state index contributed by atoms with van der Waals surface area (Å²) in [4.78, 5) is 12.7. The molecule has 27 heavy (non-hydrogen) atoms. The monoisotopic (exact) mass is 367 g/mol. The number of benzene rings is 2. The molecule has 4 nitrogen and oxygen atoms in total. The van der Waals surface area contributed by atoms with Crippen LogP contribution in [0.5, 0.6) is 11.5 Å². The first-order valence-corrected chi connectivity index (χ1v) is 10.0. The smallest absolute Gasteiger partial charge is 0.251 e. The third-order valence-corrected chi connectivity index (χ3v) is 4.95. The lowest BCUT2D eigenvalue weighted by molar-refractivity contribution is 0.0933. The largest absolute Gasteiger partial charge is 0.493 e. The second-order valence-electron chi connectivity index (χ2n) is 7.02. The van der Waals surface area contributed by atoms with Gasteiger partial charge in [-0.15, -0.1) is 0 Å². The molecule has 1 N–H and O–H groups in total. The first-order valence-electron chi connectivity index (χ1n) is 10.0. The van der Waals surface area contributed by atoms with Crippen LogP contribution in [0.1, 0.15) is 61.4 Å². The lowest BCUT2D eigenvalue weighted by Crippen LogP contribution is -2.34. The molecule has 0 aliphatic heterocycles. The molecule has 3 rings (SSSR count). The van der Waals surface area contributed by atoms with Gasteiger partial charge >= 0.3 is 0 Å². The van der Waals surface area contributed by atoms with Gasteiger partial charge in [-0.3, -0.25) is 4.79 Å². The molecule has 0 spiro atoms. The SMILES string of the molecule is CCOc1ccc(C(=O)NC2CCCCCC2)cc1COc1ccccc1. The van der Waals surface area contributed by atoms with Crippen molar-refractivity contribution in [3.05, 3.63) is 59.7 Å². The van der Waals surface area contributed by atoms with Crippen LogP contribution in [0.25, 0.3) is 0 Å². The minimum absolute atomic E-state index is 0.00842. The molecule has 1 aliphatic carbocycles. The Labute approximate surface area is 161 Å². The predicted molar refractivity (Wildman–Crippen MR) is 107 cm³/mol. The highest BCUT2D eigenvalue weighted by molar-refractivity contribution is 5.94. The van der Waals surface area contributed by atoms with Crippen LogP contribution in [-0.2, 0) is 6.61 Å². The van der Waals surface area contributed by atoms with Crippen molar-refractivity contribution in [3.63, 3.8) is 0 Å². The summed E-state index contributed by atoms with van der Waals surface area (Å²) in [6, 6.07) is 15.6. The Kier molecular flexibility index (Phi) is 7.14. The highest BCUT2D eigenvalue weighted by atomic mass is 16.5. The number of hydrogen-bond donors (Lipinski definition) is 1. The second kappa shape index (κ2) is 10.0. The molecule has 2 aromatic rings. The summed E-state index contributed by atoms with van der Waals surface area (Å²) in [5.74, 6) is 1.55. The van der Waals surface area contributed by atoms with Gasteiger partial charge in [-0.05, 0) is 50.1 Å². The van der Waals surface area contributed by atoms with E-state index >= 15 is 0 Å². The van der Waals surface area contributed by atoms with Crippen molar-refractivity contribution in [2.24, 2.45) is 0 Å². The van der Waals surface area contributed by atoms with E-state index in [2.05, 4.69) is 5.32 Å². The summed E-state index contributed by atoms with van der Waals surface area (Å²) in [6.07, 6.45) is 7.10. The van der Waals surface area contributed by atoms with Gasteiger partial charge in [0.05, 0.1) is 6.61 Å². The minimum Gasteiger partial charge on any atom is -0.493 e. The molecular formula is C23H29NO3. The summed E-state index contributed by atoms with van der Waals surface area (Å²) < 4.78 is 11.6. The molecule has 1 aliphatic rings. The normalized spacial score (nSPS) is 15.0. The van der Waals surface area contributed by atoms with Crippen molar-refractivity contribution in [2.75, 3.05) is 6.61 Å². The lowest BCUT2D eigenvalue weighted by Gasteiger charge is -2.17. The summed E-state index contributed by atoms with van der Waals surface area (Å²) >= 11 is 0. The molecule has 0 aromatic heterocycles. The first-order chi connectivity index (χ1) is 13.3. The quantitative estimate of drug-likeness (QED) is 0.691. The number of ether oxygens (including phenoxy) is 2. The molecule has 4 heteroatoms. The minimum atomic E-state index is -0.00842. The van der Waals surface area contributed by atoms with Crippen LogP contribution in [0, 0.1) is 0 Å². The standard InChI is InChI=1S/C23H29NO3/c1-2-26-22-15-14-18(23(25)24-20-10-6-3-4-7-11-20)16-19(22)17-27-21-12-8-5-9-13-21/h5,8-9,12-16,20H,2-4,6-7,10-11,17H2,1H3,(H,24,25). The van der Waals surface area contributed by atoms with E-state index in [4.69, 9.17) is 9.47 Å². The molecule has 1 fully saturated rings. The number of hydrogen-bond acceptors (Lipinski definition) is 3. The summed E-state index contributed by atoms with van der Waals surface area (Å²) in [5.41, 5.74) is 1.54. The first kappa shape index (κ1) is 19.3. The number of amides is 1. The summed E-state index contributed by atoms with van der Waals surface area (Å²) in [6.45, 7) is 2.89. The Morgan fingerprint density at radius 2 is 1.74 bits per heavy atom. The van der Waals surface area contributed by atoms with Crippen molar-refractivity contribution < 1.29 is 14.3 Å². The van der Waals surface area contributed by atoms with Crippen LogP contribution in [0.3, 0.4) is 0 Å². The van der Waals surface area contributed by atoms with Crippen molar-refractivity contribution >= 4 is 5.91 Å². The zero-order valence-electron chi connectivity index (χ0n) is 16.1. The zero-order chi connectivity index (χ0) is 18.9. The maximum atomic E-state index is 12.7. The van der Waals surface area contributed by atoms with Crippen LogP contribution < -0.4 is 14.8 Å². The zero-order valence-corrected chi connectivity index (χ0v) is 16.1. The molecule has 0 bridgehead atoms. The van der Waals surface area contributed by atoms with Crippen LogP contribution in [-0.4, -0.2) is 18.6 Å². The van der Waals surface area contributed by atoms with Crippen molar-refractivity contribution in [2.45, 2.75) is 58.1 Å². The molecule has 2 aromatic carbocycles. The average molecular weight is 367 g/mol. The Bertz CT molecular complexity index is 722. The molecule has 0 saturated heterocycles. The Balaban J connectivity index is 1.70. The van der Waals surface area contributed by atoms with Gasteiger partial charge in [0.1, 0.15) is 18.1 Å². The molecular weight excluding hydrogens is 338 g/mol. The van der Waals surface area contributed by atoms with Crippen LogP contribution in [0.2, 0.25) is 0 Å². The lowest BCUT2D eigenvalue weighted by atomic mass is 10.1. The highest BCUT2D eigenvalue weighted by Crippen LogP contribution is 2.23. The molecule has 144 valence electrons. The van der Waals surface area contributed by atoms with E-state index in [0.29, 0.717) is 18.8 Å². The molecule has 1 amide bonds. The number of carbonyl (C=O) groups excluding carboxylic acids is 1. The van der Waals surface area contributed by atoms with E-state index < -0.39 is 0 Å². The third kappa shape index (κ3) is 5.75. The number of nitrogens with one attached hydrogen (secondary N) is 1. The van der Waals surface area contributed by atoms with E-state index in [0.717, 1.165) is 29.9 Å². The highest BCUT2D eigenvalue weighted by Gasteiger charge is 2.17. The van der Waals surface area contributed by atoms with Gasteiger partial charge in [0, 0.05) is 17.2 Å². The van der Waals surface area contributed by atoms with Crippen LogP contribution >= 0.6 is 0 Å². The molecule has 0 heterocycles. The van der Waals surface area contributed by atoms with E-state index in [1.807, 2.05) is 55.5 Å². The summed E-state index contributed by atoms with van der Waals surface area (Å²) in [7, 11) is 0. The molecule has 0 unspecified atom stereocenters. The average Bonchev–Trinajstić information content (AvgIpc) is 2.97. The fourth-order valence-corrected chi connectivity index (χ4v) is 3.50. The number of rotatable bonds is 7. The van der Waals surface area contributed by atoms with Crippen molar-refractivity contribution in [1.29, 1.82) is 0 Å². The van der Waals surface area contributed by atoms with Gasteiger partial charge in [0.25, 0.3) is 5.91 Å². The van der Waals surface area contributed by atoms with Crippen molar-refractivity contribution in [3.8, 4) is 11.5 Å². The van der Waals surface area contributed by atoms with E-state index in [9.17, 15) is 4.79 Å². The van der Waals surface area contributed by atoms with Crippen LogP contribution in [0.15, 0.2) is 48.5 Å². The topological polar surface area (TPSA) is 47.6 Å². The van der Waals surface area contributed by atoms with E-state index in [1.54, 1.807) is 0 Å². The van der Waals surface area contributed by atoms with E-state index in [-0.39, 0.29) is 11.9 Å². The van der Waals surface area contributed by atoms with Crippen LogP contribution in [0.4, 0.5) is 0 Å². The molecule has 1 saturated carbocycles. The Morgan fingerprint density at radius 1 is 1.00 bits per heavy atom. The Morgan fingerprint density at radius 3 is 2.44 bits per heavy atom. The maximum Gasteiger partial charge on any atom is 0.251 e. The van der Waals surface area contributed by atoms with E-state index in [1.165, 1.54) is 25.7 Å². The summed E-state index contributed by atoms with van der Waals surface area (Å²) in [5, 5.41) is 3.21. The maximum absolute atomic E-state index is 12.7. The molecule has 0 atom stereocenters. The van der Waals surface area contributed by atoms with Gasteiger partial charge < -0.3 is 14.8 Å². The number of carbonyl (C=O) groups is 1. The Hall–Kier alpha value is -2.49. The van der Waals surface area contributed by atoms with Gasteiger partial charge in [0.15, 0.2) is 0 Å². The van der Waals surface area contributed by atoms with Crippen molar-refractivity contribution in [1.82, 2.24) is 5.32 Å². The second-order valence-corrected chi connectivity index (χ2v) is 7.02. The predicted octanol–water partition coefficient (Wildman–Crippen LogP) is 5.12. The van der Waals surface area contributed by atoms with Gasteiger partial charge in [-0.1, -0.05) is 43.9 Å². The van der Waals surface area contributed by atoms with Gasteiger partial charge in [0.2, 0.25) is 0 Å². The third-order valence-electron chi connectivity index (χ3n) is 4.95. The fourth-order valence-electron chi connectivity index (χ4n) is 3.50. The fraction of sp³-hybridized carbons (Fsp3) is 0.435.